The first-order valence-corrected chi connectivity index (χ1v) is 9.80. The number of likely N-dealkylation sites (tertiary alicyclic amines) is 1. The lowest BCUT2D eigenvalue weighted by Gasteiger charge is -2.43. The van der Waals surface area contributed by atoms with E-state index in [0.29, 0.717) is 31.9 Å². The molecule has 3 rings (SSSR count). The van der Waals surface area contributed by atoms with Crippen molar-refractivity contribution in [1.82, 2.24) is 20.1 Å². The molecule has 0 saturated carbocycles. The van der Waals surface area contributed by atoms with Gasteiger partial charge in [-0.1, -0.05) is 6.92 Å². The van der Waals surface area contributed by atoms with E-state index in [1.54, 1.807) is 13.2 Å². The molecular weight excluding hydrogens is 344 g/mol. The highest BCUT2D eigenvalue weighted by Gasteiger charge is 2.40. The van der Waals surface area contributed by atoms with Gasteiger partial charge in [-0.25, -0.2) is 0 Å². The van der Waals surface area contributed by atoms with Crippen LogP contribution < -0.4 is 5.32 Å². The van der Waals surface area contributed by atoms with Crippen LogP contribution in [0.4, 0.5) is 0 Å². The molecule has 1 atom stereocenters. The van der Waals surface area contributed by atoms with Gasteiger partial charge in [0.15, 0.2) is 0 Å². The molecule has 2 saturated heterocycles. The standard InChI is InChI=1S/C20H30N4O3/c1-3-17-6-5-16(11-22-17)19(26)24-8-4-7-20(14-24)13-23(9-10-27-15-20)12-18(25)21-2/h5-6,11H,3-4,7-10,12-15H2,1-2H3,(H,21,25). The number of ether oxygens (including phenoxy) is 1. The number of aryl methyl sites for hydroxylation is 1. The van der Waals surface area contributed by atoms with E-state index >= 15 is 0 Å². The molecule has 0 aliphatic carbocycles. The Morgan fingerprint density at radius 2 is 2.15 bits per heavy atom. The van der Waals surface area contributed by atoms with Crippen LogP contribution in [0.5, 0.6) is 0 Å². The van der Waals surface area contributed by atoms with E-state index in [0.717, 1.165) is 44.6 Å². The van der Waals surface area contributed by atoms with Gasteiger partial charge in [0.1, 0.15) is 0 Å². The van der Waals surface area contributed by atoms with Crippen molar-refractivity contribution in [2.24, 2.45) is 5.41 Å². The second-order valence-electron chi connectivity index (χ2n) is 7.66. The summed E-state index contributed by atoms with van der Waals surface area (Å²) in [6.45, 7) is 6.61. The zero-order valence-corrected chi connectivity index (χ0v) is 16.4. The maximum atomic E-state index is 13.0. The van der Waals surface area contributed by atoms with Crippen LogP contribution in [0.3, 0.4) is 0 Å². The fourth-order valence-electron chi connectivity index (χ4n) is 4.07. The highest BCUT2D eigenvalue weighted by molar-refractivity contribution is 5.94. The van der Waals surface area contributed by atoms with Crippen molar-refractivity contribution < 1.29 is 14.3 Å². The summed E-state index contributed by atoms with van der Waals surface area (Å²) in [5.74, 6) is 0.0456. The summed E-state index contributed by atoms with van der Waals surface area (Å²) in [6, 6.07) is 3.80. The van der Waals surface area contributed by atoms with Gasteiger partial charge < -0.3 is 15.0 Å². The fourth-order valence-corrected chi connectivity index (χ4v) is 4.07. The summed E-state index contributed by atoms with van der Waals surface area (Å²) >= 11 is 0. The van der Waals surface area contributed by atoms with Crippen molar-refractivity contribution in [3.05, 3.63) is 29.6 Å². The summed E-state index contributed by atoms with van der Waals surface area (Å²) in [4.78, 5) is 33.2. The summed E-state index contributed by atoms with van der Waals surface area (Å²) in [6.07, 6.45) is 4.50. The predicted molar refractivity (Wildman–Crippen MR) is 103 cm³/mol. The third-order valence-corrected chi connectivity index (χ3v) is 5.55. The van der Waals surface area contributed by atoms with Gasteiger partial charge in [-0.2, -0.15) is 0 Å². The van der Waals surface area contributed by atoms with E-state index < -0.39 is 0 Å². The van der Waals surface area contributed by atoms with Crippen molar-refractivity contribution >= 4 is 11.8 Å². The van der Waals surface area contributed by atoms with E-state index in [1.165, 1.54) is 0 Å². The van der Waals surface area contributed by atoms with E-state index in [9.17, 15) is 9.59 Å². The molecule has 0 bridgehead atoms. The predicted octanol–water partition coefficient (Wildman–Crippen LogP) is 0.945. The summed E-state index contributed by atoms with van der Waals surface area (Å²) in [7, 11) is 1.66. The van der Waals surface area contributed by atoms with Gasteiger partial charge in [-0.05, 0) is 31.4 Å². The van der Waals surface area contributed by atoms with Gasteiger partial charge in [-0.15, -0.1) is 0 Å². The molecule has 1 unspecified atom stereocenters. The lowest BCUT2D eigenvalue weighted by atomic mass is 9.80. The van der Waals surface area contributed by atoms with Gasteiger partial charge in [0.05, 0.1) is 25.3 Å². The minimum atomic E-state index is -0.116. The van der Waals surface area contributed by atoms with Gasteiger partial charge in [0.25, 0.3) is 5.91 Å². The Kier molecular flexibility index (Phi) is 6.44. The Balaban J connectivity index is 1.70. The number of aromatic nitrogens is 1. The maximum absolute atomic E-state index is 13.0. The number of likely N-dealkylation sites (N-methyl/N-ethyl adjacent to an activating group) is 1. The SMILES string of the molecule is CCc1ccc(C(=O)N2CCCC3(COCCN(CC(=O)NC)C3)C2)cn1. The molecule has 148 valence electrons. The van der Waals surface area contributed by atoms with Crippen LogP contribution in [0.25, 0.3) is 0 Å². The number of carbonyl (C=O) groups excluding carboxylic acids is 2. The lowest BCUT2D eigenvalue weighted by Crippen LogP contribution is -2.53. The number of nitrogens with one attached hydrogen (secondary N) is 1. The normalized spacial score (nSPS) is 23.9. The zero-order chi connectivity index (χ0) is 19.3. The van der Waals surface area contributed by atoms with Crippen molar-refractivity contribution in [3.8, 4) is 0 Å². The summed E-state index contributed by atoms with van der Waals surface area (Å²) < 4.78 is 5.87. The molecular formula is C20H30N4O3. The molecule has 3 heterocycles. The van der Waals surface area contributed by atoms with Gasteiger partial charge in [0, 0.05) is 50.5 Å². The molecule has 2 amide bonds. The molecule has 1 aromatic rings. The Labute approximate surface area is 161 Å². The number of carbonyl (C=O) groups is 2. The average Bonchev–Trinajstić information content (AvgIpc) is 2.89. The molecule has 2 aliphatic heterocycles. The third-order valence-electron chi connectivity index (χ3n) is 5.55. The molecule has 7 heteroatoms. The molecule has 0 aromatic carbocycles. The van der Waals surface area contributed by atoms with Crippen LogP contribution >= 0.6 is 0 Å². The molecule has 1 N–H and O–H groups in total. The molecule has 2 aliphatic rings. The molecule has 27 heavy (non-hydrogen) atoms. The molecule has 1 aromatic heterocycles. The number of piperidine rings is 1. The molecule has 7 nitrogen and oxygen atoms in total. The Bertz CT molecular complexity index is 664. The number of hydrogen-bond acceptors (Lipinski definition) is 5. The van der Waals surface area contributed by atoms with E-state index in [2.05, 4.69) is 22.1 Å². The van der Waals surface area contributed by atoms with Crippen LogP contribution in [-0.2, 0) is 16.0 Å². The van der Waals surface area contributed by atoms with E-state index in [1.807, 2.05) is 17.0 Å². The summed E-state index contributed by atoms with van der Waals surface area (Å²) in [5.41, 5.74) is 1.51. The van der Waals surface area contributed by atoms with Crippen LogP contribution in [-0.4, -0.2) is 79.6 Å². The minimum absolute atomic E-state index is 0.0119. The van der Waals surface area contributed by atoms with Crippen molar-refractivity contribution in [2.75, 3.05) is 53.0 Å². The molecule has 2 fully saturated rings. The third kappa shape index (κ3) is 4.84. The zero-order valence-electron chi connectivity index (χ0n) is 16.4. The smallest absolute Gasteiger partial charge is 0.255 e. The van der Waals surface area contributed by atoms with Crippen molar-refractivity contribution in [3.63, 3.8) is 0 Å². The first-order chi connectivity index (χ1) is 13.0. The number of nitrogens with zero attached hydrogens (tertiary/aromatic N) is 3. The van der Waals surface area contributed by atoms with Crippen LogP contribution in [0.2, 0.25) is 0 Å². The number of pyridine rings is 1. The number of rotatable bonds is 4. The molecule has 0 radical (unpaired) electrons. The average molecular weight is 374 g/mol. The second-order valence-corrected chi connectivity index (χ2v) is 7.66. The van der Waals surface area contributed by atoms with Crippen LogP contribution in [0.1, 0.15) is 35.8 Å². The number of hydrogen-bond donors (Lipinski definition) is 1. The second kappa shape index (κ2) is 8.80. The van der Waals surface area contributed by atoms with Gasteiger partial charge >= 0.3 is 0 Å². The highest BCUT2D eigenvalue weighted by Crippen LogP contribution is 2.33. The van der Waals surface area contributed by atoms with Crippen molar-refractivity contribution in [2.45, 2.75) is 26.2 Å². The van der Waals surface area contributed by atoms with Crippen LogP contribution in [0, 0.1) is 5.41 Å². The van der Waals surface area contributed by atoms with Gasteiger partial charge in [-0.3, -0.25) is 19.5 Å². The largest absolute Gasteiger partial charge is 0.379 e. The Morgan fingerprint density at radius 1 is 1.30 bits per heavy atom. The maximum Gasteiger partial charge on any atom is 0.255 e. The fraction of sp³-hybridized carbons (Fsp3) is 0.650. The Hall–Kier alpha value is -1.99. The quantitative estimate of drug-likeness (QED) is 0.849. The van der Waals surface area contributed by atoms with E-state index in [4.69, 9.17) is 4.74 Å². The first kappa shape index (κ1) is 19.8. The first-order valence-electron chi connectivity index (χ1n) is 9.80. The number of amides is 2. The van der Waals surface area contributed by atoms with Crippen LogP contribution in [0.15, 0.2) is 18.3 Å². The van der Waals surface area contributed by atoms with E-state index in [-0.39, 0.29) is 17.2 Å². The monoisotopic (exact) mass is 374 g/mol. The topological polar surface area (TPSA) is 74.8 Å². The minimum Gasteiger partial charge on any atom is -0.379 e. The lowest BCUT2D eigenvalue weighted by molar-refractivity contribution is -0.122. The van der Waals surface area contributed by atoms with Gasteiger partial charge in [0.2, 0.25) is 5.91 Å². The Morgan fingerprint density at radius 3 is 2.85 bits per heavy atom. The van der Waals surface area contributed by atoms with Crippen molar-refractivity contribution in [1.29, 1.82) is 0 Å². The molecule has 1 spiro atoms. The summed E-state index contributed by atoms with van der Waals surface area (Å²) in [5, 5.41) is 2.69. The highest BCUT2D eigenvalue weighted by atomic mass is 16.5.